The minimum atomic E-state index is -3.50. The summed E-state index contributed by atoms with van der Waals surface area (Å²) < 4.78 is 26.3. The molecule has 25 heavy (non-hydrogen) atoms. The van der Waals surface area contributed by atoms with Crippen LogP contribution < -0.4 is 5.73 Å². The Morgan fingerprint density at radius 1 is 1.20 bits per heavy atom. The van der Waals surface area contributed by atoms with Gasteiger partial charge in [0.05, 0.1) is 22.5 Å². The number of nitrogens with two attached hydrogens (primary N) is 1. The van der Waals surface area contributed by atoms with Crippen molar-refractivity contribution in [2.75, 3.05) is 12.0 Å². The third-order valence-electron chi connectivity index (χ3n) is 3.85. The lowest BCUT2D eigenvalue weighted by molar-refractivity contribution is 0.602. The number of nitrogen functional groups attached to an aromatic ring is 1. The number of nitrogens with one attached hydrogen (secondary N) is 1. The van der Waals surface area contributed by atoms with Crippen LogP contribution in [-0.4, -0.2) is 44.7 Å². The first-order chi connectivity index (χ1) is 12.0. The average molecular weight is 355 g/mol. The second-order valence-electron chi connectivity index (χ2n) is 5.50. The van der Waals surface area contributed by atoms with E-state index in [1.165, 1.54) is 6.07 Å². The van der Waals surface area contributed by atoms with E-state index >= 15 is 0 Å². The van der Waals surface area contributed by atoms with Gasteiger partial charge in [0, 0.05) is 23.6 Å². The minimum absolute atomic E-state index is 0.127. The van der Waals surface area contributed by atoms with Crippen LogP contribution in [0.25, 0.3) is 28.3 Å². The van der Waals surface area contributed by atoms with Crippen molar-refractivity contribution >= 4 is 21.2 Å². The molecule has 0 spiro atoms. The zero-order valence-electron chi connectivity index (χ0n) is 13.1. The van der Waals surface area contributed by atoms with Crippen molar-refractivity contribution in [3.8, 4) is 22.6 Å². The van der Waals surface area contributed by atoms with Crippen molar-refractivity contribution in [2.45, 2.75) is 4.90 Å². The highest BCUT2D eigenvalue weighted by atomic mass is 32.2. The van der Waals surface area contributed by atoms with Gasteiger partial charge in [0.1, 0.15) is 0 Å². The molecule has 0 saturated carbocycles. The predicted octanol–water partition coefficient (Wildman–Crippen LogP) is 1.17. The van der Waals surface area contributed by atoms with E-state index in [9.17, 15) is 8.42 Å². The van der Waals surface area contributed by atoms with Crippen LogP contribution in [0.15, 0.2) is 47.6 Å². The maximum absolute atomic E-state index is 12.3. The number of tetrazole rings is 1. The summed E-state index contributed by atoms with van der Waals surface area (Å²) in [4.78, 5) is 4.46. The molecule has 0 saturated heterocycles. The van der Waals surface area contributed by atoms with Crippen LogP contribution in [0.4, 0.5) is 5.69 Å². The average Bonchev–Trinajstić information content (AvgIpc) is 3.23. The molecule has 0 aliphatic carbocycles. The molecule has 3 aromatic heterocycles. The molecule has 0 fully saturated rings. The maximum atomic E-state index is 12.3. The zero-order chi connectivity index (χ0) is 17.6. The van der Waals surface area contributed by atoms with Gasteiger partial charge in [-0.15, -0.1) is 5.10 Å². The molecule has 0 atom stereocenters. The monoisotopic (exact) mass is 355 g/mol. The normalized spacial score (nSPS) is 11.9. The van der Waals surface area contributed by atoms with Crippen molar-refractivity contribution in [3.05, 3.63) is 42.7 Å². The number of nitrogens with zero attached hydrogens (tertiary/aromatic N) is 5. The summed E-state index contributed by atoms with van der Waals surface area (Å²) in [7, 11) is -3.50. The highest BCUT2D eigenvalue weighted by Crippen LogP contribution is 2.35. The van der Waals surface area contributed by atoms with Crippen LogP contribution in [-0.2, 0) is 9.84 Å². The van der Waals surface area contributed by atoms with Gasteiger partial charge in [-0.2, -0.15) is 0 Å². The molecule has 3 heterocycles. The first-order valence-corrected chi connectivity index (χ1v) is 9.15. The number of pyridine rings is 1. The number of anilines is 1. The summed E-state index contributed by atoms with van der Waals surface area (Å²) >= 11 is 0. The summed E-state index contributed by atoms with van der Waals surface area (Å²) in [6.07, 6.45) is 4.59. The number of aromatic nitrogens is 6. The molecule has 0 aliphatic heterocycles. The van der Waals surface area contributed by atoms with Crippen molar-refractivity contribution in [1.82, 2.24) is 30.0 Å². The Hall–Kier alpha value is -3.27. The fraction of sp³-hybridized carbons (Fsp3) is 0.0667. The Balaban J connectivity index is 2.10. The summed E-state index contributed by atoms with van der Waals surface area (Å²) in [6, 6.07) is 8.53. The van der Waals surface area contributed by atoms with Crippen molar-refractivity contribution in [3.63, 3.8) is 0 Å². The van der Waals surface area contributed by atoms with Crippen LogP contribution in [0.2, 0.25) is 0 Å². The summed E-state index contributed by atoms with van der Waals surface area (Å²) in [5.74, 6) is 0.259. The van der Waals surface area contributed by atoms with E-state index in [2.05, 4.69) is 25.6 Å². The van der Waals surface area contributed by atoms with Gasteiger partial charge >= 0.3 is 0 Å². The number of aromatic amines is 1. The van der Waals surface area contributed by atoms with E-state index in [1.807, 2.05) is 6.20 Å². The lowest BCUT2D eigenvalue weighted by Gasteiger charge is -2.11. The maximum Gasteiger partial charge on any atom is 0.181 e. The topological polar surface area (TPSA) is 132 Å². The van der Waals surface area contributed by atoms with E-state index in [0.29, 0.717) is 28.2 Å². The van der Waals surface area contributed by atoms with Crippen LogP contribution >= 0.6 is 0 Å². The highest BCUT2D eigenvalue weighted by molar-refractivity contribution is 7.90. The number of rotatable bonds is 3. The summed E-state index contributed by atoms with van der Waals surface area (Å²) in [6.45, 7) is 0. The van der Waals surface area contributed by atoms with Crippen LogP contribution in [0.1, 0.15) is 0 Å². The molecule has 0 unspecified atom stereocenters. The molecule has 126 valence electrons. The van der Waals surface area contributed by atoms with E-state index < -0.39 is 9.84 Å². The largest absolute Gasteiger partial charge is 0.396 e. The molecule has 4 rings (SSSR count). The first-order valence-electron chi connectivity index (χ1n) is 7.26. The number of fused-ring (bicyclic) bond motifs is 1. The molecule has 3 N–H and O–H groups in total. The number of sulfone groups is 1. The summed E-state index contributed by atoms with van der Waals surface area (Å²) in [5, 5.41) is 13.7. The Labute approximate surface area is 142 Å². The molecule has 10 heteroatoms. The Bertz CT molecular complexity index is 1180. The Morgan fingerprint density at radius 2 is 2.04 bits per heavy atom. The third kappa shape index (κ3) is 2.43. The molecule has 9 nitrogen and oxygen atoms in total. The quantitative estimate of drug-likeness (QED) is 0.563. The second kappa shape index (κ2) is 5.38. The number of H-pyrrole nitrogens is 1. The van der Waals surface area contributed by atoms with Gasteiger partial charge in [0.15, 0.2) is 21.3 Å². The number of imidazole rings is 1. The van der Waals surface area contributed by atoms with Crippen molar-refractivity contribution < 1.29 is 8.42 Å². The van der Waals surface area contributed by atoms with Gasteiger partial charge < -0.3 is 5.73 Å². The van der Waals surface area contributed by atoms with Gasteiger partial charge in [0.25, 0.3) is 0 Å². The van der Waals surface area contributed by atoms with E-state index in [-0.39, 0.29) is 10.7 Å². The molecule has 0 amide bonds. The third-order valence-corrected chi connectivity index (χ3v) is 4.99. The van der Waals surface area contributed by atoms with Gasteiger partial charge in [-0.25, -0.2) is 18.5 Å². The van der Waals surface area contributed by atoms with Crippen LogP contribution in [0.3, 0.4) is 0 Å². The Kier molecular flexibility index (Phi) is 3.29. The van der Waals surface area contributed by atoms with E-state index in [4.69, 9.17) is 5.73 Å². The lowest BCUT2D eigenvalue weighted by Crippen LogP contribution is -2.03. The predicted molar refractivity (Wildman–Crippen MR) is 91.3 cm³/mol. The standard InChI is InChI=1S/C15H13N7O2S/c1-25(23,24)12-6-2-4-9(13(12)14-18-20-21-19-14)11-8-17-15-10(16)5-3-7-22(11)15/h2-8H,16H2,1H3,(H,18,19,20,21). The lowest BCUT2D eigenvalue weighted by atomic mass is 10.0. The fourth-order valence-corrected chi connectivity index (χ4v) is 3.70. The number of hydrogen-bond donors (Lipinski definition) is 2. The van der Waals surface area contributed by atoms with Gasteiger partial charge in [-0.1, -0.05) is 12.1 Å². The van der Waals surface area contributed by atoms with E-state index in [0.717, 1.165) is 6.26 Å². The molecule has 1 aromatic carbocycles. The SMILES string of the molecule is CS(=O)(=O)c1cccc(-c2cnc3c(N)cccn23)c1-c1nnn[nH]1. The molecular weight excluding hydrogens is 342 g/mol. The summed E-state index contributed by atoms with van der Waals surface area (Å²) in [5.41, 5.74) is 8.77. The molecule has 0 radical (unpaired) electrons. The number of benzene rings is 1. The first kappa shape index (κ1) is 15.3. The van der Waals surface area contributed by atoms with Crippen LogP contribution in [0.5, 0.6) is 0 Å². The highest BCUT2D eigenvalue weighted by Gasteiger charge is 2.23. The van der Waals surface area contributed by atoms with Gasteiger partial charge in [-0.3, -0.25) is 4.40 Å². The molecule has 0 bridgehead atoms. The van der Waals surface area contributed by atoms with Crippen molar-refractivity contribution in [1.29, 1.82) is 0 Å². The smallest absolute Gasteiger partial charge is 0.181 e. The molecule has 0 aliphatic rings. The van der Waals surface area contributed by atoms with Crippen LogP contribution in [0, 0.1) is 0 Å². The zero-order valence-corrected chi connectivity index (χ0v) is 13.9. The van der Waals surface area contributed by atoms with E-state index in [1.54, 1.807) is 34.9 Å². The number of hydrogen-bond acceptors (Lipinski definition) is 7. The van der Waals surface area contributed by atoms with Crippen molar-refractivity contribution in [2.24, 2.45) is 0 Å². The minimum Gasteiger partial charge on any atom is -0.396 e. The fourth-order valence-electron chi connectivity index (χ4n) is 2.79. The molecule has 4 aromatic rings. The Morgan fingerprint density at radius 3 is 2.76 bits per heavy atom. The van der Waals surface area contributed by atoms with Gasteiger partial charge in [0.2, 0.25) is 0 Å². The molecular formula is C15H13N7O2S. The van der Waals surface area contributed by atoms with Gasteiger partial charge in [-0.05, 0) is 28.6 Å². The second-order valence-corrected chi connectivity index (χ2v) is 7.49.